The zero-order valence-corrected chi connectivity index (χ0v) is 24.7. The number of carbonyl (C=O) groups excluding carboxylic acids is 2. The van der Waals surface area contributed by atoms with Gasteiger partial charge in [-0.3, -0.25) is 13.9 Å². The van der Waals surface area contributed by atoms with Crippen LogP contribution in [-0.4, -0.2) is 50.5 Å². The van der Waals surface area contributed by atoms with Crippen LogP contribution in [0.25, 0.3) is 0 Å². The number of hydrogen-bond donors (Lipinski definition) is 1. The summed E-state index contributed by atoms with van der Waals surface area (Å²) in [5.41, 5.74) is 1.51. The molecule has 0 heterocycles. The Bertz CT molecular complexity index is 1400. The van der Waals surface area contributed by atoms with Crippen LogP contribution in [0.2, 0.25) is 15.1 Å². The molecule has 0 radical (unpaired) electrons. The summed E-state index contributed by atoms with van der Waals surface area (Å²) in [5.74, 6) is -0.961. The van der Waals surface area contributed by atoms with E-state index in [1.807, 2.05) is 37.3 Å². The molecule has 3 aromatic carbocycles. The molecule has 1 atom stereocenters. The molecule has 0 aromatic heterocycles. The number of sulfonamides is 1. The Morgan fingerprint density at radius 2 is 1.59 bits per heavy atom. The average Bonchev–Trinajstić information content (AvgIpc) is 2.90. The number of carbonyl (C=O) groups is 2. The Kier molecular flexibility index (Phi) is 11.1. The molecule has 1 unspecified atom stereocenters. The van der Waals surface area contributed by atoms with E-state index in [1.165, 1.54) is 23.1 Å². The lowest BCUT2D eigenvalue weighted by Gasteiger charge is -2.34. The molecule has 39 heavy (non-hydrogen) atoms. The topological polar surface area (TPSA) is 86.8 Å². The van der Waals surface area contributed by atoms with Gasteiger partial charge in [0, 0.05) is 29.6 Å². The van der Waals surface area contributed by atoms with E-state index in [9.17, 15) is 18.0 Å². The SMILES string of the molecule is CCCNC(=O)C(Cc1ccccc1)N(Cc1ccccc1Cl)C(=O)CN(c1cc(Cl)ccc1Cl)S(C)(=O)=O. The molecule has 7 nitrogen and oxygen atoms in total. The maximum Gasteiger partial charge on any atom is 0.244 e. The summed E-state index contributed by atoms with van der Waals surface area (Å²) in [6.45, 7) is 1.73. The average molecular weight is 611 g/mol. The number of benzene rings is 3. The first kappa shape index (κ1) is 30.8. The van der Waals surface area contributed by atoms with Crippen LogP contribution in [-0.2, 0) is 32.6 Å². The molecule has 0 aliphatic heterocycles. The normalized spacial score (nSPS) is 12.0. The molecular formula is C28H30Cl3N3O4S. The molecule has 11 heteroatoms. The minimum atomic E-state index is -3.97. The Morgan fingerprint density at radius 1 is 0.923 bits per heavy atom. The van der Waals surface area contributed by atoms with Crippen LogP contribution in [0.4, 0.5) is 5.69 Å². The van der Waals surface area contributed by atoms with E-state index in [1.54, 1.807) is 24.3 Å². The summed E-state index contributed by atoms with van der Waals surface area (Å²) in [6.07, 6.45) is 1.89. The van der Waals surface area contributed by atoms with Crippen molar-refractivity contribution in [1.82, 2.24) is 10.2 Å². The molecule has 0 spiro atoms. The van der Waals surface area contributed by atoms with Gasteiger partial charge in [-0.25, -0.2) is 8.42 Å². The summed E-state index contributed by atoms with van der Waals surface area (Å²) >= 11 is 18.9. The number of amides is 2. The quantitative estimate of drug-likeness (QED) is 0.290. The number of nitrogens with zero attached hydrogens (tertiary/aromatic N) is 2. The van der Waals surface area contributed by atoms with Gasteiger partial charge in [-0.2, -0.15) is 0 Å². The highest BCUT2D eigenvalue weighted by Gasteiger charge is 2.33. The lowest BCUT2D eigenvalue weighted by Crippen LogP contribution is -2.53. The van der Waals surface area contributed by atoms with Gasteiger partial charge in [0.25, 0.3) is 0 Å². The predicted molar refractivity (Wildman–Crippen MR) is 158 cm³/mol. The van der Waals surface area contributed by atoms with Crippen LogP contribution in [0.5, 0.6) is 0 Å². The van der Waals surface area contributed by atoms with E-state index in [0.717, 1.165) is 16.1 Å². The van der Waals surface area contributed by atoms with Crippen molar-refractivity contribution in [1.29, 1.82) is 0 Å². The van der Waals surface area contributed by atoms with Gasteiger partial charge in [0.1, 0.15) is 12.6 Å². The highest BCUT2D eigenvalue weighted by atomic mass is 35.5. The first-order valence-electron chi connectivity index (χ1n) is 12.3. The first-order chi connectivity index (χ1) is 18.5. The van der Waals surface area contributed by atoms with Crippen molar-refractivity contribution in [3.05, 3.63) is 99.0 Å². The molecule has 1 N–H and O–H groups in total. The number of halogens is 3. The van der Waals surface area contributed by atoms with Gasteiger partial charge >= 0.3 is 0 Å². The van der Waals surface area contributed by atoms with Crippen LogP contribution >= 0.6 is 34.8 Å². The fraction of sp³-hybridized carbons (Fsp3) is 0.286. The summed E-state index contributed by atoms with van der Waals surface area (Å²) in [7, 11) is -3.97. The van der Waals surface area contributed by atoms with Crippen LogP contribution in [0.1, 0.15) is 24.5 Å². The zero-order valence-electron chi connectivity index (χ0n) is 21.6. The maximum absolute atomic E-state index is 14.0. The highest BCUT2D eigenvalue weighted by Crippen LogP contribution is 2.31. The number of hydrogen-bond acceptors (Lipinski definition) is 4. The molecule has 0 aliphatic carbocycles. The second kappa shape index (κ2) is 14.0. The molecule has 0 fully saturated rings. The van der Waals surface area contributed by atoms with E-state index < -0.39 is 28.5 Å². The minimum absolute atomic E-state index is 0.0174. The van der Waals surface area contributed by atoms with Crippen molar-refractivity contribution in [2.24, 2.45) is 0 Å². The van der Waals surface area contributed by atoms with Gasteiger partial charge in [0.15, 0.2) is 0 Å². The third-order valence-electron chi connectivity index (χ3n) is 5.97. The van der Waals surface area contributed by atoms with E-state index >= 15 is 0 Å². The summed E-state index contributed by atoms with van der Waals surface area (Å²) in [4.78, 5) is 28.9. The lowest BCUT2D eigenvalue weighted by atomic mass is 10.0. The zero-order chi connectivity index (χ0) is 28.6. The van der Waals surface area contributed by atoms with Gasteiger partial charge < -0.3 is 10.2 Å². The van der Waals surface area contributed by atoms with Gasteiger partial charge in [0.2, 0.25) is 21.8 Å². The number of rotatable bonds is 12. The summed E-state index contributed by atoms with van der Waals surface area (Å²) in [5, 5.41) is 3.66. The van der Waals surface area contributed by atoms with E-state index in [2.05, 4.69) is 5.32 Å². The van der Waals surface area contributed by atoms with Crippen molar-refractivity contribution in [2.75, 3.05) is 23.7 Å². The predicted octanol–water partition coefficient (Wildman–Crippen LogP) is 5.58. The number of nitrogens with one attached hydrogen (secondary N) is 1. The van der Waals surface area contributed by atoms with Crippen LogP contribution < -0.4 is 9.62 Å². The first-order valence-corrected chi connectivity index (χ1v) is 15.3. The third kappa shape index (κ3) is 8.60. The fourth-order valence-corrected chi connectivity index (χ4v) is 5.49. The van der Waals surface area contributed by atoms with Crippen LogP contribution in [0.15, 0.2) is 72.8 Å². The number of anilines is 1. The third-order valence-corrected chi connectivity index (χ3v) is 8.02. The molecular weight excluding hydrogens is 581 g/mol. The minimum Gasteiger partial charge on any atom is -0.354 e. The molecule has 3 aromatic rings. The van der Waals surface area contributed by atoms with Crippen LogP contribution in [0.3, 0.4) is 0 Å². The van der Waals surface area contributed by atoms with Gasteiger partial charge in [-0.05, 0) is 41.8 Å². The van der Waals surface area contributed by atoms with Crippen molar-refractivity contribution < 1.29 is 18.0 Å². The van der Waals surface area contributed by atoms with Gasteiger partial charge in [-0.1, -0.05) is 90.3 Å². The summed E-state index contributed by atoms with van der Waals surface area (Å²) < 4.78 is 26.6. The molecule has 0 saturated carbocycles. The molecule has 208 valence electrons. The monoisotopic (exact) mass is 609 g/mol. The van der Waals surface area contributed by atoms with E-state index in [0.29, 0.717) is 23.6 Å². The molecule has 2 amide bonds. The van der Waals surface area contributed by atoms with Gasteiger partial charge in [-0.15, -0.1) is 0 Å². The van der Waals surface area contributed by atoms with Crippen molar-refractivity contribution >= 4 is 62.3 Å². The van der Waals surface area contributed by atoms with E-state index in [-0.39, 0.29) is 34.6 Å². The molecule has 0 saturated heterocycles. The Labute approximate surface area is 244 Å². The van der Waals surface area contributed by atoms with E-state index in [4.69, 9.17) is 34.8 Å². The van der Waals surface area contributed by atoms with Crippen molar-refractivity contribution in [2.45, 2.75) is 32.4 Å². The molecule has 0 bridgehead atoms. The lowest BCUT2D eigenvalue weighted by molar-refractivity contribution is -0.140. The van der Waals surface area contributed by atoms with Crippen LogP contribution in [0, 0.1) is 0 Å². The Balaban J connectivity index is 2.08. The van der Waals surface area contributed by atoms with Crippen molar-refractivity contribution in [3.63, 3.8) is 0 Å². The smallest absolute Gasteiger partial charge is 0.244 e. The second-order valence-corrected chi connectivity index (χ2v) is 12.1. The second-order valence-electron chi connectivity index (χ2n) is 8.97. The summed E-state index contributed by atoms with van der Waals surface area (Å²) in [6, 6.07) is 19.7. The van der Waals surface area contributed by atoms with Gasteiger partial charge in [0.05, 0.1) is 17.0 Å². The molecule has 3 rings (SSSR count). The Hall–Kier alpha value is -2.78. The largest absolute Gasteiger partial charge is 0.354 e. The standard InChI is InChI=1S/C28H30Cl3N3O4S/c1-3-15-32-28(36)26(16-20-9-5-4-6-10-20)33(18-21-11-7-8-12-23(21)30)27(35)19-34(39(2,37)38)25-17-22(29)13-14-24(25)31/h4-14,17,26H,3,15-16,18-19H2,1-2H3,(H,32,36). The Morgan fingerprint density at radius 3 is 2.23 bits per heavy atom. The highest BCUT2D eigenvalue weighted by molar-refractivity contribution is 7.92. The molecule has 0 aliphatic rings. The fourth-order valence-electron chi connectivity index (χ4n) is 4.00. The maximum atomic E-state index is 14.0. The van der Waals surface area contributed by atoms with Crippen molar-refractivity contribution in [3.8, 4) is 0 Å².